The number of urea groups is 1. The molecule has 2 aromatic heterocycles. The molecule has 0 saturated heterocycles. The van der Waals surface area contributed by atoms with Gasteiger partial charge in [0.2, 0.25) is 5.78 Å². The van der Waals surface area contributed by atoms with Gasteiger partial charge in [0.1, 0.15) is 5.75 Å². The number of aliphatic hydroxyl groups excluding tert-OH is 1. The first kappa shape index (κ1) is 38.0. The molecule has 5 aromatic rings. The fourth-order valence-electron chi connectivity index (χ4n) is 8.57. The van der Waals surface area contributed by atoms with E-state index in [1.165, 1.54) is 21.8 Å². The third-order valence-electron chi connectivity index (χ3n) is 11.9. The molecule has 8 rings (SSSR count). The molecule has 4 unspecified atom stereocenters. The lowest BCUT2D eigenvalue weighted by Gasteiger charge is -2.46. The summed E-state index contributed by atoms with van der Waals surface area (Å²) in [4.78, 5) is 32.4. The normalized spacial score (nSPS) is 23.0. The molecule has 0 radical (unpaired) electrons. The number of carbonyl (C=O) groups is 2. The molecule has 3 aliphatic carbocycles. The Labute approximate surface area is 326 Å². The van der Waals surface area contributed by atoms with Crippen molar-refractivity contribution >= 4 is 50.3 Å². The Morgan fingerprint density at radius 1 is 1.00 bits per heavy atom. The van der Waals surface area contributed by atoms with E-state index < -0.39 is 17.1 Å². The first-order chi connectivity index (χ1) is 26.0. The van der Waals surface area contributed by atoms with E-state index in [0.29, 0.717) is 66.9 Å². The van der Waals surface area contributed by atoms with Gasteiger partial charge in [0.25, 0.3) is 0 Å². The number of hydrogen-bond acceptors (Lipinski definition) is 7. The summed E-state index contributed by atoms with van der Waals surface area (Å²) in [6.45, 7) is 4.88. The molecule has 0 aliphatic heterocycles. The highest BCUT2D eigenvalue weighted by molar-refractivity contribution is 7.21. The van der Waals surface area contributed by atoms with Crippen LogP contribution in [0.1, 0.15) is 89.5 Å². The molecule has 2 heterocycles. The van der Waals surface area contributed by atoms with Gasteiger partial charge in [0.15, 0.2) is 0 Å². The number of ketones is 1. The van der Waals surface area contributed by atoms with E-state index in [9.17, 15) is 19.8 Å². The number of aliphatic hydroxyl groups is 2. The van der Waals surface area contributed by atoms with E-state index in [2.05, 4.69) is 43.4 Å². The highest BCUT2D eigenvalue weighted by atomic mass is 32.1. The Kier molecular flexibility index (Phi) is 11.4. The van der Waals surface area contributed by atoms with Crippen LogP contribution in [0.15, 0.2) is 102 Å². The van der Waals surface area contributed by atoms with Gasteiger partial charge in [-0.3, -0.25) is 4.79 Å². The molecule has 3 aromatic carbocycles. The standard InChI is InChI=1S/C45H50N2O5S2/c1-30-8-6-22-44(2)39(37-19-13-31(26-34(48)16-12-30)27-38(37)42(49)41-28-32-9-4-5-11-40(32)54-41)20-23-45(44,51)29-47(24-21-36-10-7-25-53-36)43(50)46-33-14-17-35(52-3)18-15-33/h4-5,7-11,13-15,17-19,25,27-28,34,39,48,51H,6,12,16,20-24,26,29H2,1-3H3,(H,46,50). The maximum absolute atomic E-state index is 14.6. The predicted octanol–water partition coefficient (Wildman–Crippen LogP) is 10.0. The van der Waals surface area contributed by atoms with Gasteiger partial charge in [-0.05, 0) is 135 Å². The summed E-state index contributed by atoms with van der Waals surface area (Å²) in [5.41, 5.74) is 2.46. The van der Waals surface area contributed by atoms with E-state index in [1.54, 1.807) is 23.3 Å². The molecule has 54 heavy (non-hydrogen) atoms. The van der Waals surface area contributed by atoms with Crippen molar-refractivity contribution in [2.24, 2.45) is 5.41 Å². The molecule has 2 amide bonds. The van der Waals surface area contributed by atoms with E-state index in [0.717, 1.165) is 34.1 Å². The molecule has 0 spiro atoms. The molecule has 3 aliphatic rings. The van der Waals surface area contributed by atoms with E-state index in [1.807, 2.05) is 72.1 Å². The third-order valence-corrected chi connectivity index (χ3v) is 13.9. The average Bonchev–Trinajstić information content (AvgIpc) is 3.91. The van der Waals surface area contributed by atoms with Crippen molar-refractivity contribution in [2.75, 3.05) is 25.5 Å². The van der Waals surface area contributed by atoms with Crippen LogP contribution in [0.5, 0.6) is 5.75 Å². The molecular weight excluding hydrogens is 713 g/mol. The van der Waals surface area contributed by atoms with Gasteiger partial charge in [-0.25, -0.2) is 4.79 Å². The number of nitrogens with one attached hydrogen (secondary N) is 1. The van der Waals surface area contributed by atoms with Crippen molar-refractivity contribution < 1.29 is 24.5 Å². The minimum absolute atomic E-state index is 0.0281. The third kappa shape index (κ3) is 8.05. The summed E-state index contributed by atoms with van der Waals surface area (Å²) in [7, 11) is 1.61. The molecule has 1 saturated carbocycles. The lowest BCUT2D eigenvalue weighted by atomic mass is 9.64. The minimum Gasteiger partial charge on any atom is -0.497 e. The highest BCUT2D eigenvalue weighted by Gasteiger charge is 2.57. The van der Waals surface area contributed by atoms with Gasteiger partial charge in [0, 0.05) is 32.8 Å². The number of rotatable bonds is 9. The number of fused-ring (bicyclic) bond motifs is 9. The maximum Gasteiger partial charge on any atom is 0.321 e. The molecular formula is C45H50N2O5S2. The Bertz CT molecular complexity index is 2090. The highest BCUT2D eigenvalue weighted by Crippen LogP contribution is 2.59. The fourth-order valence-corrected chi connectivity index (χ4v) is 10.3. The summed E-state index contributed by atoms with van der Waals surface area (Å²) in [5, 5.41) is 30.3. The summed E-state index contributed by atoms with van der Waals surface area (Å²) in [6.07, 6.45) is 6.85. The van der Waals surface area contributed by atoms with Crippen LogP contribution in [0.25, 0.3) is 10.1 Å². The molecule has 9 heteroatoms. The number of allylic oxidation sites excluding steroid dienone is 2. The topological polar surface area (TPSA) is 99.1 Å². The molecule has 4 atom stereocenters. The van der Waals surface area contributed by atoms with E-state index >= 15 is 0 Å². The van der Waals surface area contributed by atoms with Crippen molar-refractivity contribution in [1.29, 1.82) is 0 Å². The van der Waals surface area contributed by atoms with Crippen LogP contribution >= 0.6 is 22.7 Å². The van der Waals surface area contributed by atoms with Crippen LogP contribution in [-0.4, -0.2) is 58.8 Å². The van der Waals surface area contributed by atoms with Gasteiger partial charge in [-0.15, -0.1) is 22.7 Å². The molecule has 282 valence electrons. The number of anilines is 1. The van der Waals surface area contributed by atoms with Gasteiger partial charge in [0.05, 0.1) is 30.2 Å². The quantitative estimate of drug-likeness (QED) is 0.103. The van der Waals surface area contributed by atoms with Crippen LogP contribution in [-0.2, 0) is 12.8 Å². The zero-order valence-corrected chi connectivity index (χ0v) is 33.0. The maximum atomic E-state index is 14.6. The predicted molar refractivity (Wildman–Crippen MR) is 220 cm³/mol. The summed E-state index contributed by atoms with van der Waals surface area (Å²) in [5.74, 6) is 0.532. The van der Waals surface area contributed by atoms with Crippen LogP contribution in [0.2, 0.25) is 0 Å². The molecule has 3 N–H and O–H groups in total. The second-order valence-corrected chi connectivity index (χ2v) is 17.5. The molecule has 1 fully saturated rings. The van der Waals surface area contributed by atoms with Gasteiger partial charge in [-0.2, -0.15) is 0 Å². The zero-order valence-electron chi connectivity index (χ0n) is 31.3. The lowest BCUT2D eigenvalue weighted by Crippen LogP contribution is -2.54. The minimum atomic E-state index is -1.24. The molecule has 2 bridgehead atoms. The zero-order chi connectivity index (χ0) is 37.9. The van der Waals surface area contributed by atoms with Crippen LogP contribution in [0.3, 0.4) is 0 Å². The average molecular weight is 763 g/mol. The summed E-state index contributed by atoms with van der Waals surface area (Å²) < 4.78 is 6.38. The van der Waals surface area contributed by atoms with Gasteiger partial charge >= 0.3 is 6.03 Å². The second-order valence-electron chi connectivity index (χ2n) is 15.3. The number of thiophene rings is 2. The van der Waals surface area contributed by atoms with E-state index in [4.69, 9.17) is 4.74 Å². The van der Waals surface area contributed by atoms with Crippen LogP contribution in [0, 0.1) is 5.41 Å². The van der Waals surface area contributed by atoms with Crippen LogP contribution < -0.4 is 10.1 Å². The Morgan fingerprint density at radius 3 is 2.57 bits per heavy atom. The number of carbonyl (C=O) groups excluding carboxylic acids is 2. The van der Waals surface area contributed by atoms with Crippen molar-refractivity contribution in [1.82, 2.24) is 4.90 Å². The van der Waals surface area contributed by atoms with Crippen molar-refractivity contribution in [3.05, 3.63) is 128 Å². The number of nitrogens with zero attached hydrogens (tertiary/aromatic N) is 1. The smallest absolute Gasteiger partial charge is 0.321 e. The number of benzene rings is 3. The van der Waals surface area contributed by atoms with E-state index in [-0.39, 0.29) is 24.3 Å². The van der Waals surface area contributed by atoms with Gasteiger partial charge in [-0.1, -0.05) is 55.0 Å². The Morgan fingerprint density at radius 2 is 1.81 bits per heavy atom. The largest absolute Gasteiger partial charge is 0.497 e. The monoisotopic (exact) mass is 762 g/mol. The Hall–Kier alpha value is -4.28. The van der Waals surface area contributed by atoms with Crippen molar-refractivity contribution in [2.45, 2.75) is 82.8 Å². The fraction of sp³-hybridized carbons (Fsp3) is 0.378. The SMILES string of the molecule is COc1ccc(NC(=O)N(CCc2cccs2)CC2(O)CCC3c4ccc(cc4C(=O)c4cc5ccccc5s4)CC(O)CCC(C)=CCCC32C)cc1. The molecule has 7 nitrogen and oxygen atoms in total. The van der Waals surface area contributed by atoms with Crippen molar-refractivity contribution in [3.63, 3.8) is 0 Å². The number of hydrogen-bond donors (Lipinski definition) is 3. The second kappa shape index (κ2) is 16.2. The number of methoxy groups -OCH3 is 1. The Balaban J connectivity index is 1.27. The van der Waals surface area contributed by atoms with Gasteiger partial charge < -0.3 is 25.2 Å². The number of amides is 2. The summed E-state index contributed by atoms with van der Waals surface area (Å²) >= 11 is 3.17. The van der Waals surface area contributed by atoms with Crippen molar-refractivity contribution in [3.8, 4) is 5.75 Å². The summed E-state index contributed by atoms with van der Waals surface area (Å²) in [6, 6.07) is 27.3. The lowest BCUT2D eigenvalue weighted by molar-refractivity contribution is -0.0762. The van der Waals surface area contributed by atoms with Crippen LogP contribution in [0.4, 0.5) is 10.5 Å². The first-order valence-corrected chi connectivity index (χ1v) is 20.7. The first-order valence-electron chi connectivity index (χ1n) is 19.0. The number of ether oxygens (including phenoxy) is 1.